The number of rotatable bonds is 10. The van der Waals surface area contributed by atoms with Gasteiger partial charge >= 0.3 is 11.9 Å². The topological polar surface area (TPSA) is 115 Å². The molecule has 0 aromatic carbocycles. The Morgan fingerprint density at radius 2 is 1.21 bits per heavy atom. The molecule has 0 heterocycles. The van der Waals surface area contributed by atoms with Crippen molar-refractivity contribution in [2.75, 3.05) is 0 Å². The van der Waals surface area contributed by atoms with Crippen LogP contribution in [-0.4, -0.2) is 44.6 Å². The number of hydrogen-bond donors (Lipinski definition) is 4. The molecule has 2 unspecified atom stereocenters. The zero-order valence-electron chi connectivity index (χ0n) is 11.5. The highest BCUT2D eigenvalue weighted by molar-refractivity contribution is 5.98. The van der Waals surface area contributed by atoms with Crippen molar-refractivity contribution in [3.8, 4) is 0 Å². The molecule has 2 atom stereocenters. The summed E-state index contributed by atoms with van der Waals surface area (Å²) in [6.07, 6.45) is -0.809. The fraction of sp³-hybridized carbons (Fsp3) is 0.846. The maximum atomic E-state index is 11.3. The summed E-state index contributed by atoms with van der Waals surface area (Å²) in [5, 5.41) is 37.9. The van der Waals surface area contributed by atoms with Crippen LogP contribution < -0.4 is 0 Å². The second kappa shape index (κ2) is 8.12. The van der Waals surface area contributed by atoms with E-state index in [9.17, 15) is 30.0 Å². The molecule has 0 saturated heterocycles. The fourth-order valence-electron chi connectivity index (χ4n) is 2.20. The number of carboxylic acid groups (broad SMARTS) is 2. The van der Waals surface area contributed by atoms with E-state index >= 15 is 0 Å². The molecule has 6 heteroatoms. The van der Waals surface area contributed by atoms with Crippen LogP contribution in [0.3, 0.4) is 0 Å². The third-order valence-corrected chi connectivity index (χ3v) is 3.23. The molecule has 0 amide bonds. The highest BCUT2D eigenvalue weighted by Gasteiger charge is 2.48. The van der Waals surface area contributed by atoms with Crippen LogP contribution in [0.4, 0.5) is 0 Å². The van der Waals surface area contributed by atoms with Crippen molar-refractivity contribution in [3.63, 3.8) is 0 Å². The minimum atomic E-state index is -2.12. The van der Waals surface area contributed by atoms with Gasteiger partial charge in [0.1, 0.15) is 0 Å². The molecule has 0 saturated carbocycles. The van der Waals surface area contributed by atoms with Crippen LogP contribution in [0.15, 0.2) is 0 Å². The summed E-state index contributed by atoms with van der Waals surface area (Å²) >= 11 is 0. The molecule has 0 aliphatic heterocycles. The Bertz CT molecular complexity index is 272. The smallest absolute Gasteiger partial charge is 0.321 e. The first-order chi connectivity index (χ1) is 8.80. The van der Waals surface area contributed by atoms with Crippen molar-refractivity contribution in [1.29, 1.82) is 0 Å². The quantitative estimate of drug-likeness (QED) is 0.446. The summed E-state index contributed by atoms with van der Waals surface area (Å²) < 4.78 is 0. The fourth-order valence-corrected chi connectivity index (χ4v) is 2.20. The number of carboxylic acids is 2. The van der Waals surface area contributed by atoms with Crippen molar-refractivity contribution in [1.82, 2.24) is 0 Å². The zero-order valence-corrected chi connectivity index (χ0v) is 11.5. The first kappa shape index (κ1) is 17.9. The number of carbonyl (C=O) groups is 2. The molecule has 0 aliphatic carbocycles. The maximum absolute atomic E-state index is 11.3. The lowest BCUT2D eigenvalue weighted by Gasteiger charge is -2.29. The Labute approximate surface area is 113 Å². The van der Waals surface area contributed by atoms with Gasteiger partial charge in [-0.15, -0.1) is 0 Å². The summed E-state index contributed by atoms with van der Waals surface area (Å²) in [5.74, 6) is -3.02. The second-order valence-corrected chi connectivity index (χ2v) is 4.99. The van der Waals surface area contributed by atoms with E-state index in [1.165, 1.54) is 0 Å². The van der Waals surface area contributed by atoms with E-state index in [2.05, 4.69) is 0 Å². The zero-order chi connectivity index (χ0) is 15.1. The molecular formula is C13H24O6. The second-order valence-electron chi connectivity index (χ2n) is 4.99. The summed E-state index contributed by atoms with van der Waals surface area (Å²) in [5.41, 5.74) is -2.12. The van der Waals surface area contributed by atoms with Crippen molar-refractivity contribution >= 4 is 11.9 Å². The van der Waals surface area contributed by atoms with Crippen LogP contribution in [-0.2, 0) is 9.59 Å². The highest BCUT2D eigenvalue weighted by atomic mass is 16.4. The molecule has 0 fully saturated rings. The highest BCUT2D eigenvalue weighted by Crippen LogP contribution is 2.33. The summed E-state index contributed by atoms with van der Waals surface area (Å²) in [6, 6.07) is 0. The van der Waals surface area contributed by atoms with Crippen molar-refractivity contribution < 1.29 is 30.0 Å². The lowest BCUT2D eigenvalue weighted by Crippen LogP contribution is -2.44. The third-order valence-electron chi connectivity index (χ3n) is 3.23. The van der Waals surface area contributed by atoms with Gasteiger partial charge < -0.3 is 20.4 Å². The standard InChI is InChI=1S/C13H24O6/c1-3-5-9(14)7-13(11(16)17,12(18)19)8-10(15)6-4-2/h9-10,14-15H,3-8H2,1-2H3,(H,16,17)(H,18,19). The van der Waals surface area contributed by atoms with Crippen LogP contribution in [0.5, 0.6) is 0 Å². The SMILES string of the molecule is CCCC(O)CC(CC(O)CCC)(C(=O)O)C(=O)O. The number of aliphatic hydroxyl groups excluding tert-OH is 2. The Balaban J connectivity index is 5.09. The van der Waals surface area contributed by atoms with Gasteiger partial charge in [0.15, 0.2) is 5.41 Å². The minimum Gasteiger partial charge on any atom is -0.480 e. The van der Waals surface area contributed by atoms with Crippen LogP contribution >= 0.6 is 0 Å². The molecular weight excluding hydrogens is 252 g/mol. The Morgan fingerprint density at radius 3 is 1.42 bits per heavy atom. The molecule has 112 valence electrons. The van der Waals surface area contributed by atoms with E-state index in [1.54, 1.807) is 0 Å². The minimum absolute atomic E-state index is 0.339. The molecule has 0 aromatic rings. The third kappa shape index (κ3) is 5.16. The summed E-state index contributed by atoms with van der Waals surface area (Å²) in [7, 11) is 0. The number of aliphatic hydroxyl groups is 2. The molecule has 19 heavy (non-hydrogen) atoms. The lowest BCUT2D eigenvalue weighted by molar-refractivity contribution is -0.170. The normalized spacial score (nSPS) is 14.9. The van der Waals surface area contributed by atoms with E-state index in [0.29, 0.717) is 25.7 Å². The first-order valence-electron chi connectivity index (χ1n) is 6.63. The van der Waals surface area contributed by atoms with E-state index in [-0.39, 0.29) is 12.8 Å². The molecule has 0 radical (unpaired) electrons. The van der Waals surface area contributed by atoms with Gasteiger partial charge in [0, 0.05) is 12.8 Å². The summed E-state index contributed by atoms with van der Waals surface area (Å²) in [6.45, 7) is 3.64. The van der Waals surface area contributed by atoms with Gasteiger partial charge in [0.05, 0.1) is 12.2 Å². The van der Waals surface area contributed by atoms with E-state index in [1.807, 2.05) is 13.8 Å². The molecule has 0 bridgehead atoms. The Kier molecular flexibility index (Phi) is 7.63. The Morgan fingerprint density at radius 1 is 0.895 bits per heavy atom. The van der Waals surface area contributed by atoms with Gasteiger partial charge in [-0.2, -0.15) is 0 Å². The van der Waals surface area contributed by atoms with Gasteiger partial charge in [-0.1, -0.05) is 26.7 Å². The van der Waals surface area contributed by atoms with Crippen LogP contribution in [0.1, 0.15) is 52.4 Å². The molecule has 0 aliphatic rings. The van der Waals surface area contributed by atoms with Crippen LogP contribution in [0.2, 0.25) is 0 Å². The van der Waals surface area contributed by atoms with Crippen molar-refractivity contribution in [2.24, 2.45) is 5.41 Å². The number of hydrogen-bond acceptors (Lipinski definition) is 4. The van der Waals surface area contributed by atoms with E-state index in [4.69, 9.17) is 0 Å². The van der Waals surface area contributed by atoms with Gasteiger partial charge in [-0.25, -0.2) is 0 Å². The molecule has 4 N–H and O–H groups in total. The first-order valence-corrected chi connectivity index (χ1v) is 6.63. The average molecular weight is 276 g/mol. The van der Waals surface area contributed by atoms with Gasteiger partial charge in [-0.05, 0) is 12.8 Å². The van der Waals surface area contributed by atoms with Gasteiger partial charge in [-0.3, -0.25) is 9.59 Å². The predicted octanol–water partition coefficient (Wildman–Crippen LogP) is 1.24. The van der Waals surface area contributed by atoms with Crippen molar-refractivity contribution in [3.05, 3.63) is 0 Å². The van der Waals surface area contributed by atoms with Crippen LogP contribution in [0.25, 0.3) is 0 Å². The summed E-state index contributed by atoms with van der Waals surface area (Å²) in [4.78, 5) is 22.7. The average Bonchev–Trinajstić information content (AvgIpc) is 2.27. The number of aliphatic carboxylic acids is 2. The van der Waals surface area contributed by atoms with E-state index < -0.39 is 29.6 Å². The molecule has 0 aromatic heterocycles. The lowest BCUT2D eigenvalue weighted by atomic mass is 9.76. The van der Waals surface area contributed by atoms with Crippen molar-refractivity contribution in [2.45, 2.75) is 64.6 Å². The molecule has 0 rings (SSSR count). The monoisotopic (exact) mass is 276 g/mol. The maximum Gasteiger partial charge on any atom is 0.321 e. The largest absolute Gasteiger partial charge is 0.480 e. The predicted molar refractivity (Wildman–Crippen MR) is 68.8 cm³/mol. The van der Waals surface area contributed by atoms with Crippen LogP contribution in [0, 0.1) is 5.41 Å². The van der Waals surface area contributed by atoms with Gasteiger partial charge in [0.2, 0.25) is 0 Å². The Hall–Kier alpha value is -1.14. The molecule has 6 nitrogen and oxygen atoms in total. The van der Waals surface area contributed by atoms with E-state index in [0.717, 1.165) is 0 Å². The van der Waals surface area contributed by atoms with Gasteiger partial charge in [0.25, 0.3) is 0 Å². The molecule has 0 spiro atoms.